The van der Waals surface area contributed by atoms with Gasteiger partial charge in [0.05, 0.1) is 6.61 Å². The summed E-state index contributed by atoms with van der Waals surface area (Å²) in [6.07, 6.45) is 40.3. The fourth-order valence-corrected chi connectivity index (χ4v) is 5.30. The topological polar surface area (TPSA) is 61.8 Å². The summed E-state index contributed by atoms with van der Waals surface area (Å²) in [5.74, 6) is -0.598. The van der Waals surface area contributed by atoms with E-state index in [4.69, 9.17) is 14.2 Å². The minimum Gasteiger partial charge on any atom is -0.462 e. The molecule has 0 radical (unpaired) electrons. The predicted molar refractivity (Wildman–Crippen MR) is 187 cm³/mol. The number of carbonyl (C=O) groups excluding carboxylic acids is 2. The lowest BCUT2D eigenvalue weighted by atomic mass is 10.0. The lowest BCUT2D eigenvalue weighted by Crippen LogP contribution is -2.29. The lowest BCUT2D eigenvalue weighted by molar-refractivity contribution is -0.161. The first-order chi connectivity index (χ1) is 21.6. The molecule has 0 bridgehead atoms. The minimum atomic E-state index is -0.535. The molecule has 258 valence electrons. The van der Waals surface area contributed by atoms with Crippen LogP contribution >= 0.6 is 0 Å². The Morgan fingerprint density at radius 3 is 1.55 bits per heavy atom. The third-order valence-corrected chi connectivity index (χ3v) is 8.04. The van der Waals surface area contributed by atoms with E-state index in [0.717, 1.165) is 44.9 Å². The van der Waals surface area contributed by atoms with E-state index in [9.17, 15) is 9.59 Å². The van der Waals surface area contributed by atoms with Crippen molar-refractivity contribution in [2.45, 2.75) is 194 Å². The van der Waals surface area contributed by atoms with Crippen LogP contribution < -0.4 is 0 Å². The molecule has 0 N–H and O–H groups in total. The van der Waals surface area contributed by atoms with E-state index < -0.39 is 6.10 Å². The van der Waals surface area contributed by atoms with E-state index in [-0.39, 0.29) is 25.2 Å². The van der Waals surface area contributed by atoms with Crippen molar-refractivity contribution in [2.24, 2.45) is 0 Å². The summed E-state index contributed by atoms with van der Waals surface area (Å²) in [5, 5.41) is 0. The summed E-state index contributed by atoms with van der Waals surface area (Å²) >= 11 is 0. The monoisotopic (exact) mass is 621 g/mol. The largest absolute Gasteiger partial charge is 0.462 e. The summed E-state index contributed by atoms with van der Waals surface area (Å²) < 4.78 is 16.4. The average Bonchev–Trinajstić information content (AvgIpc) is 3.01. The van der Waals surface area contributed by atoms with Crippen LogP contribution in [0.4, 0.5) is 0 Å². The van der Waals surface area contributed by atoms with E-state index in [2.05, 4.69) is 38.2 Å². The molecule has 0 fully saturated rings. The number of esters is 2. The van der Waals surface area contributed by atoms with Crippen LogP contribution in [-0.4, -0.2) is 37.9 Å². The Labute approximate surface area is 273 Å². The Morgan fingerprint density at radius 2 is 1.00 bits per heavy atom. The number of hydrogen-bond donors (Lipinski definition) is 0. The van der Waals surface area contributed by atoms with Crippen LogP contribution in [0, 0.1) is 0 Å². The Morgan fingerprint density at radius 1 is 0.545 bits per heavy atom. The van der Waals surface area contributed by atoms with Gasteiger partial charge in [-0.2, -0.15) is 0 Å². The van der Waals surface area contributed by atoms with Gasteiger partial charge in [-0.05, 0) is 44.9 Å². The Kier molecular flexibility index (Phi) is 34.5. The van der Waals surface area contributed by atoms with Gasteiger partial charge in [-0.3, -0.25) is 9.59 Å². The summed E-state index contributed by atoms with van der Waals surface area (Å²) in [5.41, 5.74) is 0. The molecule has 0 unspecified atom stereocenters. The number of ether oxygens (including phenoxy) is 3. The van der Waals surface area contributed by atoms with Crippen LogP contribution in [0.3, 0.4) is 0 Å². The molecule has 0 spiro atoms. The number of carbonyl (C=O) groups is 2. The van der Waals surface area contributed by atoms with E-state index in [1.807, 2.05) is 0 Å². The van der Waals surface area contributed by atoms with Crippen molar-refractivity contribution in [3.05, 3.63) is 24.3 Å². The average molecular weight is 621 g/mol. The standard InChI is InChI=1S/C39H72O5/c1-4-6-8-10-12-14-16-18-20-21-23-25-27-29-31-33-39(41)43-36-38(44-37(3)40)35-42-34-32-30-28-26-24-22-19-17-15-13-11-9-7-5-2/h12,14,18,20,38H,4-11,13,15-17,19,21-36H2,1-3H3/b14-12-,20-18-/t38-/m1/s1. The first-order valence-corrected chi connectivity index (χ1v) is 18.8. The van der Waals surface area contributed by atoms with Crippen molar-refractivity contribution >= 4 is 11.9 Å². The van der Waals surface area contributed by atoms with Gasteiger partial charge in [-0.1, -0.05) is 154 Å². The second kappa shape index (κ2) is 35.9. The van der Waals surface area contributed by atoms with Gasteiger partial charge in [0.25, 0.3) is 0 Å². The van der Waals surface area contributed by atoms with Crippen molar-refractivity contribution < 1.29 is 23.8 Å². The molecular formula is C39H72O5. The minimum absolute atomic E-state index is 0.0669. The lowest BCUT2D eigenvalue weighted by Gasteiger charge is -2.17. The van der Waals surface area contributed by atoms with Gasteiger partial charge in [0.15, 0.2) is 6.10 Å². The summed E-state index contributed by atoms with van der Waals surface area (Å²) in [6.45, 7) is 6.88. The molecule has 0 heterocycles. The van der Waals surface area contributed by atoms with Gasteiger partial charge in [0, 0.05) is 20.0 Å². The van der Waals surface area contributed by atoms with Crippen molar-refractivity contribution in [3.8, 4) is 0 Å². The fraction of sp³-hybridized carbons (Fsp3) is 0.846. The van der Waals surface area contributed by atoms with Crippen LogP contribution in [0.25, 0.3) is 0 Å². The highest BCUT2D eigenvalue weighted by molar-refractivity contribution is 5.69. The molecule has 0 amide bonds. The van der Waals surface area contributed by atoms with Crippen LogP contribution in [0.5, 0.6) is 0 Å². The smallest absolute Gasteiger partial charge is 0.305 e. The molecule has 0 aliphatic carbocycles. The van der Waals surface area contributed by atoms with Crippen molar-refractivity contribution in [3.63, 3.8) is 0 Å². The molecular weight excluding hydrogens is 548 g/mol. The number of rotatable bonds is 34. The third kappa shape index (κ3) is 34.9. The van der Waals surface area contributed by atoms with Gasteiger partial charge < -0.3 is 14.2 Å². The van der Waals surface area contributed by atoms with E-state index >= 15 is 0 Å². The Balaban J connectivity index is 3.65. The SMILES string of the molecule is CCCCC/C=C\C/C=C\CCCCCCCC(=O)OC[C@@H](COCCCCCCCCCCCCCCCC)OC(C)=O. The highest BCUT2D eigenvalue weighted by Gasteiger charge is 2.15. The fourth-order valence-electron chi connectivity index (χ4n) is 5.30. The van der Waals surface area contributed by atoms with E-state index in [1.165, 1.54) is 122 Å². The van der Waals surface area contributed by atoms with Crippen LogP contribution in [0.1, 0.15) is 188 Å². The highest BCUT2D eigenvalue weighted by Crippen LogP contribution is 2.13. The molecule has 0 rings (SSSR count). The van der Waals surface area contributed by atoms with Crippen LogP contribution in [0.15, 0.2) is 24.3 Å². The Bertz CT molecular complexity index is 671. The summed E-state index contributed by atoms with van der Waals surface area (Å²) in [7, 11) is 0. The molecule has 0 aromatic heterocycles. The quantitative estimate of drug-likeness (QED) is 0.0407. The maximum Gasteiger partial charge on any atom is 0.305 e. The molecule has 0 saturated heterocycles. The van der Waals surface area contributed by atoms with Crippen LogP contribution in [-0.2, 0) is 23.8 Å². The number of hydrogen-bond acceptors (Lipinski definition) is 5. The molecule has 5 heteroatoms. The molecule has 5 nitrogen and oxygen atoms in total. The molecule has 1 atom stereocenters. The van der Waals surface area contributed by atoms with E-state index in [1.54, 1.807) is 0 Å². The van der Waals surface area contributed by atoms with Crippen molar-refractivity contribution in [1.29, 1.82) is 0 Å². The third-order valence-electron chi connectivity index (χ3n) is 8.04. The van der Waals surface area contributed by atoms with Gasteiger partial charge in [-0.25, -0.2) is 0 Å². The number of unbranched alkanes of at least 4 members (excludes halogenated alkanes) is 21. The van der Waals surface area contributed by atoms with Gasteiger partial charge in [-0.15, -0.1) is 0 Å². The zero-order valence-corrected chi connectivity index (χ0v) is 29.4. The molecule has 0 aromatic rings. The summed E-state index contributed by atoms with van der Waals surface area (Å²) in [6, 6.07) is 0. The maximum atomic E-state index is 12.2. The first-order valence-electron chi connectivity index (χ1n) is 18.8. The predicted octanol–water partition coefficient (Wildman–Crippen LogP) is 11.8. The van der Waals surface area contributed by atoms with Crippen LogP contribution in [0.2, 0.25) is 0 Å². The second-order valence-corrected chi connectivity index (χ2v) is 12.6. The molecule has 0 saturated carbocycles. The second-order valence-electron chi connectivity index (χ2n) is 12.6. The highest BCUT2D eigenvalue weighted by atomic mass is 16.6. The zero-order chi connectivity index (χ0) is 32.2. The van der Waals surface area contributed by atoms with E-state index in [0.29, 0.717) is 13.0 Å². The number of allylic oxidation sites excluding steroid dienone is 4. The van der Waals surface area contributed by atoms with Gasteiger partial charge >= 0.3 is 11.9 Å². The maximum absolute atomic E-state index is 12.2. The molecule has 0 aromatic carbocycles. The normalized spacial score (nSPS) is 12.3. The van der Waals surface area contributed by atoms with Crippen molar-refractivity contribution in [1.82, 2.24) is 0 Å². The molecule has 44 heavy (non-hydrogen) atoms. The van der Waals surface area contributed by atoms with Gasteiger partial charge in [0.2, 0.25) is 0 Å². The summed E-state index contributed by atoms with van der Waals surface area (Å²) in [4.78, 5) is 23.6. The van der Waals surface area contributed by atoms with Crippen molar-refractivity contribution in [2.75, 3.05) is 19.8 Å². The first kappa shape index (κ1) is 42.4. The molecule has 0 aliphatic rings. The zero-order valence-electron chi connectivity index (χ0n) is 29.4. The Hall–Kier alpha value is -1.62. The molecule has 0 aliphatic heterocycles. The van der Waals surface area contributed by atoms with Gasteiger partial charge in [0.1, 0.15) is 6.61 Å².